The van der Waals surface area contributed by atoms with Crippen molar-refractivity contribution >= 4 is 5.91 Å². The van der Waals surface area contributed by atoms with Gasteiger partial charge in [-0.05, 0) is 20.8 Å². The molecule has 1 aromatic heterocycles. The molecular weight excluding hydrogens is 190 g/mol. The summed E-state index contributed by atoms with van der Waals surface area (Å²) >= 11 is 0. The van der Waals surface area contributed by atoms with Crippen LogP contribution in [0.3, 0.4) is 0 Å². The normalized spacial score (nSPS) is 9.73. The first-order valence-corrected chi connectivity index (χ1v) is 4.86. The number of hydrogen-bond acceptors (Lipinski definition) is 2. The third-order valence-corrected chi connectivity index (χ3v) is 2.34. The van der Waals surface area contributed by atoms with E-state index in [1.165, 1.54) is 0 Å². The summed E-state index contributed by atoms with van der Waals surface area (Å²) in [6, 6.07) is 0. The van der Waals surface area contributed by atoms with E-state index in [-0.39, 0.29) is 5.91 Å². The van der Waals surface area contributed by atoms with Gasteiger partial charge in [-0.3, -0.25) is 4.79 Å². The van der Waals surface area contributed by atoms with Crippen LogP contribution < -0.4 is 5.32 Å². The molecule has 3 nitrogen and oxygen atoms in total. The molecule has 0 unspecified atom stereocenters. The average Bonchev–Trinajstić information content (AvgIpc) is 2.41. The number of aryl methyl sites for hydroxylation is 2. The van der Waals surface area contributed by atoms with Gasteiger partial charge >= 0.3 is 0 Å². The number of furan rings is 1. The lowest BCUT2D eigenvalue weighted by atomic mass is 10.1. The van der Waals surface area contributed by atoms with Crippen LogP contribution in [0, 0.1) is 33.1 Å². The third kappa shape index (κ3) is 2.41. The molecule has 15 heavy (non-hydrogen) atoms. The first kappa shape index (κ1) is 11.4. The molecule has 0 aliphatic rings. The molecule has 0 saturated carbocycles. The summed E-state index contributed by atoms with van der Waals surface area (Å²) < 4.78 is 5.37. The van der Waals surface area contributed by atoms with Crippen LogP contribution in [0.4, 0.5) is 0 Å². The molecule has 1 aromatic rings. The zero-order chi connectivity index (χ0) is 11.4. The lowest BCUT2D eigenvalue weighted by Gasteiger charge is -2.02. The molecule has 0 radical (unpaired) electrons. The summed E-state index contributed by atoms with van der Waals surface area (Å²) in [5, 5.41) is 2.75. The Kier molecular flexibility index (Phi) is 3.56. The van der Waals surface area contributed by atoms with Gasteiger partial charge in [0.1, 0.15) is 11.5 Å². The SMILES string of the molecule is C#CCCNC(=O)c1c(C)oc(C)c1C. The van der Waals surface area contributed by atoms with Gasteiger partial charge in [0.15, 0.2) is 0 Å². The summed E-state index contributed by atoms with van der Waals surface area (Å²) in [5.74, 6) is 3.80. The second-order valence-corrected chi connectivity index (χ2v) is 3.42. The van der Waals surface area contributed by atoms with Gasteiger partial charge < -0.3 is 9.73 Å². The van der Waals surface area contributed by atoms with Crippen LogP contribution in [0.1, 0.15) is 33.9 Å². The molecule has 0 saturated heterocycles. The van der Waals surface area contributed by atoms with Gasteiger partial charge in [0.2, 0.25) is 0 Å². The van der Waals surface area contributed by atoms with E-state index in [1.807, 2.05) is 13.8 Å². The second kappa shape index (κ2) is 4.70. The van der Waals surface area contributed by atoms with Crippen molar-refractivity contribution in [2.24, 2.45) is 0 Å². The minimum absolute atomic E-state index is 0.114. The number of carbonyl (C=O) groups is 1. The van der Waals surface area contributed by atoms with Crippen LogP contribution in [0.25, 0.3) is 0 Å². The topological polar surface area (TPSA) is 42.2 Å². The summed E-state index contributed by atoms with van der Waals surface area (Å²) in [6.07, 6.45) is 5.64. The predicted octanol–water partition coefficient (Wildman–Crippen LogP) is 1.96. The molecule has 1 amide bonds. The Morgan fingerprint density at radius 1 is 1.40 bits per heavy atom. The van der Waals surface area contributed by atoms with Crippen LogP contribution in [-0.2, 0) is 0 Å². The van der Waals surface area contributed by atoms with Crippen molar-refractivity contribution in [3.05, 3.63) is 22.6 Å². The maximum atomic E-state index is 11.7. The highest BCUT2D eigenvalue weighted by Gasteiger charge is 2.17. The van der Waals surface area contributed by atoms with E-state index in [4.69, 9.17) is 10.8 Å². The lowest BCUT2D eigenvalue weighted by Crippen LogP contribution is -2.25. The highest BCUT2D eigenvalue weighted by atomic mass is 16.3. The third-order valence-electron chi connectivity index (χ3n) is 2.34. The van der Waals surface area contributed by atoms with Gasteiger partial charge in [0, 0.05) is 18.5 Å². The first-order chi connectivity index (χ1) is 7.07. The van der Waals surface area contributed by atoms with Crippen molar-refractivity contribution < 1.29 is 9.21 Å². The van der Waals surface area contributed by atoms with E-state index in [2.05, 4.69) is 11.2 Å². The zero-order valence-electron chi connectivity index (χ0n) is 9.31. The van der Waals surface area contributed by atoms with Crippen LogP contribution >= 0.6 is 0 Å². The number of amides is 1. The van der Waals surface area contributed by atoms with Crippen molar-refractivity contribution in [2.75, 3.05) is 6.54 Å². The summed E-state index contributed by atoms with van der Waals surface area (Å²) in [7, 11) is 0. The van der Waals surface area contributed by atoms with Crippen molar-refractivity contribution in [1.82, 2.24) is 5.32 Å². The summed E-state index contributed by atoms with van der Waals surface area (Å²) in [5.41, 5.74) is 1.52. The number of terminal acetylenes is 1. The smallest absolute Gasteiger partial charge is 0.255 e. The molecule has 0 atom stereocenters. The highest BCUT2D eigenvalue weighted by molar-refractivity contribution is 5.96. The fourth-order valence-corrected chi connectivity index (χ4v) is 1.46. The van der Waals surface area contributed by atoms with Crippen LogP contribution in [0.2, 0.25) is 0 Å². The Morgan fingerprint density at radius 2 is 2.07 bits per heavy atom. The Balaban J connectivity index is 2.78. The number of carbonyl (C=O) groups excluding carboxylic acids is 1. The first-order valence-electron chi connectivity index (χ1n) is 4.86. The fraction of sp³-hybridized carbons (Fsp3) is 0.417. The monoisotopic (exact) mass is 205 g/mol. The molecule has 0 spiro atoms. The van der Waals surface area contributed by atoms with Gasteiger partial charge in [0.05, 0.1) is 5.56 Å². The number of nitrogens with one attached hydrogen (secondary N) is 1. The van der Waals surface area contributed by atoms with E-state index >= 15 is 0 Å². The minimum atomic E-state index is -0.114. The molecule has 3 heteroatoms. The molecule has 0 bridgehead atoms. The summed E-state index contributed by atoms with van der Waals surface area (Å²) in [6.45, 7) is 6.01. The molecule has 0 aliphatic heterocycles. The van der Waals surface area contributed by atoms with E-state index in [0.717, 1.165) is 11.3 Å². The number of hydrogen-bond donors (Lipinski definition) is 1. The van der Waals surface area contributed by atoms with E-state index in [1.54, 1.807) is 6.92 Å². The van der Waals surface area contributed by atoms with E-state index in [0.29, 0.717) is 24.3 Å². The van der Waals surface area contributed by atoms with Gasteiger partial charge in [-0.25, -0.2) is 0 Å². The summed E-state index contributed by atoms with van der Waals surface area (Å²) in [4.78, 5) is 11.7. The Morgan fingerprint density at radius 3 is 2.53 bits per heavy atom. The molecule has 0 fully saturated rings. The standard InChI is InChI=1S/C12H15NO2/c1-5-6-7-13-12(14)11-8(2)9(3)15-10(11)4/h1H,6-7H2,2-4H3,(H,13,14). The molecule has 1 N–H and O–H groups in total. The Hall–Kier alpha value is -1.69. The highest BCUT2D eigenvalue weighted by Crippen LogP contribution is 2.20. The zero-order valence-corrected chi connectivity index (χ0v) is 9.31. The van der Waals surface area contributed by atoms with Gasteiger partial charge in [-0.15, -0.1) is 12.3 Å². The van der Waals surface area contributed by atoms with Gasteiger partial charge in [-0.2, -0.15) is 0 Å². The molecule has 1 heterocycles. The molecule has 1 rings (SSSR count). The van der Waals surface area contributed by atoms with Crippen LogP contribution in [0.5, 0.6) is 0 Å². The van der Waals surface area contributed by atoms with Crippen molar-refractivity contribution in [3.63, 3.8) is 0 Å². The lowest BCUT2D eigenvalue weighted by molar-refractivity contribution is 0.0952. The van der Waals surface area contributed by atoms with Crippen molar-refractivity contribution in [2.45, 2.75) is 27.2 Å². The predicted molar refractivity (Wildman–Crippen MR) is 58.7 cm³/mol. The quantitative estimate of drug-likeness (QED) is 0.605. The largest absolute Gasteiger partial charge is 0.466 e. The maximum Gasteiger partial charge on any atom is 0.255 e. The van der Waals surface area contributed by atoms with E-state index < -0.39 is 0 Å². The van der Waals surface area contributed by atoms with Gasteiger partial charge in [-0.1, -0.05) is 0 Å². The minimum Gasteiger partial charge on any atom is -0.466 e. The molecule has 0 aromatic carbocycles. The Labute approximate surface area is 89.9 Å². The van der Waals surface area contributed by atoms with Crippen LogP contribution in [-0.4, -0.2) is 12.5 Å². The Bertz CT molecular complexity index is 410. The van der Waals surface area contributed by atoms with E-state index in [9.17, 15) is 4.79 Å². The number of rotatable bonds is 3. The fourth-order valence-electron chi connectivity index (χ4n) is 1.46. The van der Waals surface area contributed by atoms with Crippen LogP contribution in [0.15, 0.2) is 4.42 Å². The van der Waals surface area contributed by atoms with Crippen molar-refractivity contribution in [3.8, 4) is 12.3 Å². The average molecular weight is 205 g/mol. The van der Waals surface area contributed by atoms with Crippen molar-refractivity contribution in [1.29, 1.82) is 0 Å². The molecule has 0 aliphatic carbocycles. The maximum absolute atomic E-state index is 11.7. The molecule has 80 valence electrons. The van der Waals surface area contributed by atoms with Gasteiger partial charge in [0.25, 0.3) is 5.91 Å². The molecular formula is C12H15NO2. The second-order valence-electron chi connectivity index (χ2n) is 3.42.